The highest BCUT2D eigenvalue weighted by molar-refractivity contribution is 5.39. The molecule has 1 aromatic rings. The third-order valence-corrected chi connectivity index (χ3v) is 3.14. The molecule has 0 unspecified atom stereocenters. The Morgan fingerprint density at radius 2 is 2.33 bits per heavy atom. The van der Waals surface area contributed by atoms with Gasteiger partial charge in [0.05, 0.1) is 7.11 Å². The van der Waals surface area contributed by atoms with Gasteiger partial charge < -0.3 is 10.1 Å². The van der Waals surface area contributed by atoms with E-state index in [0.29, 0.717) is 6.04 Å². The molecule has 2 heteroatoms. The van der Waals surface area contributed by atoms with E-state index in [0.717, 1.165) is 18.7 Å². The van der Waals surface area contributed by atoms with Crippen molar-refractivity contribution in [2.24, 2.45) is 0 Å². The normalized spacial score (nSPS) is 20.5. The number of aryl methyl sites for hydroxylation is 1. The lowest BCUT2D eigenvalue weighted by molar-refractivity contribution is 0.403. The predicted molar refractivity (Wildman–Crippen MR) is 62.3 cm³/mol. The van der Waals surface area contributed by atoms with Gasteiger partial charge in [0, 0.05) is 11.6 Å². The van der Waals surface area contributed by atoms with Gasteiger partial charge >= 0.3 is 0 Å². The van der Waals surface area contributed by atoms with E-state index in [1.54, 1.807) is 7.11 Å². The second-order valence-electron chi connectivity index (χ2n) is 4.08. The van der Waals surface area contributed by atoms with Crippen LogP contribution in [0.3, 0.4) is 0 Å². The van der Waals surface area contributed by atoms with Crippen LogP contribution in [-0.2, 0) is 6.42 Å². The molecular weight excluding hydrogens is 186 g/mol. The van der Waals surface area contributed by atoms with Gasteiger partial charge in [0.15, 0.2) is 0 Å². The Balaban J connectivity index is 2.32. The van der Waals surface area contributed by atoms with Crippen LogP contribution in [0.5, 0.6) is 5.75 Å². The Labute approximate surface area is 91.6 Å². The molecule has 0 amide bonds. The maximum atomic E-state index is 5.42. The first-order chi connectivity index (χ1) is 7.35. The van der Waals surface area contributed by atoms with Crippen molar-refractivity contribution in [3.05, 3.63) is 29.3 Å². The van der Waals surface area contributed by atoms with Crippen molar-refractivity contribution >= 4 is 0 Å². The highest BCUT2D eigenvalue weighted by Crippen LogP contribution is 2.31. The van der Waals surface area contributed by atoms with Crippen molar-refractivity contribution in [3.63, 3.8) is 0 Å². The summed E-state index contributed by atoms with van der Waals surface area (Å²) in [6, 6.07) is 7.01. The first kappa shape index (κ1) is 10.5. The summed E-state index contributed by atoms with van der Waals surface area (Å²) in [6.07, 6.45) is 3.58. The molecule has 0 radical (unpaired) electrons. The van der Waals surface area contributed by atoms with Gasteiger partial charge in [0.1, 0.15) is 5.75 Å². The van der Waals surface area contributed by atoms with Gasteiger partial charge in [-0.15, -0.1) is 0 Å². The first-order valence-corrected chi connectivity index (χ1v) is 5.75. The smallest absolute Gasteiger partial charge is 0.123 e. The van der Waals surface area contributed by atoms with Crippen molar-refractivity contribution in [1.29, 1.82) is 0 Å². The summed E-state index contributed by atoms with van der Waals surface area (Å²) < 4.78 is 5.42. The van der Waals surface area contributed by atoms with Crippen LogP contribution in [0.1, 0.15) is 36.9 Å². The van der Waals surface area contributed by atoms with Gasteiger partial charge in [-0.1, -0.05) is 19.1 Å². The molecule has 15 heavy (non-hydrogen) atoms. The summed E-state index contributed by atoms with van der Waals surface area (Å²) in [5.41, 5.74) is 2.72. The van der Waals surface area contributed by atoms with Crippen molar-refractivity contribution in [2.45, 2.75) is 32.2 Å². The maximum Gasteiger partial charge on any atom is 0.123 e. The minimum Gasteiger partial charge on any atom is -0.496 e. The lowest BCUT2D eigenvalue weighted by Gasteiger charge is -2.16. The van der Waals surface area contributed by atoms with Crippen LogP contribution in [0.2, 0.25) is 0 Å². The fraction of sp³-hybridized carbons (Fsp3) is 0.538. The van der Waals surface area contributed by atoms with E-state index in [2.05, 4.69) is 30.4 Å². The highest BCUT2D eigenvalue weighted by Gasteiger charge is 2.19. The maximum absolute atomic E-state index is 5.42. The Bertz CT molecular complexity index is 329. The zero-order valence-corrected chi connectivity index (χ0v) is 9.55. The molecule has 1 heterocycles. The number of rotatable bonds is 3. The van der Waals surface area contributed by atoms with Crippen LogP contribution in [0.15, 0.2) is 18.2 Å². The zero-order chi connectivity index (χ0) is 10.7. The fourth-order valence-corrected chi connectivity index (χ4v) is 2.23. The number of hydrogen-bond donors (Lipinski definition) is 1. The molecule has 0 aromatic heterocycles. The number of nitrogens with one attached hydrogen (secondary N) is 1. The van der Waals surface area contributed by atoms with E-state index in [9.17, 15) is 0 Å². The molecule has 1 aliphatic rings. The molecule has 1 aromatic carbocycles. The van der Waals surface area contributed by atoms with Crippen LogP contribution < -0.4 is 10.1 Å². The van der Waals surface area contributed by atoms with E-state index in [1.807, 2.05) is 0 Å². The third-order valence-electron chi connectivity index (χ3n) is 3.14. The van der Waals surface area contributed by atoms with Crippen LogP contribution in [0.25, 0.3) is 0 Å². The first-order valence-electron chi connectivity index (χ1n) is 5.75. The van der Waals surface area contributed by atoms with Crippen LogP contribution in [0, 0.1) is 0 Å². The SMILES string of the molecule is CCc1ccc(OC)c([C@H]2CCCN2)c1. The van der Waals surface area contributed by atoms with Crippen LogP contribution >= 0.6 is 0 Å². The summed E-state index contributed by atoms with van der Waals surface area (Å²) in [5.74, 6) is 1.02. The van der Waals surface area contributed by atoms with E-state index in [-0.39, 0.29) is 0 Å². The van der Waals surface area contributed by atoms with Crippen LogP contribution in [0.4, 0.5) is 0 Å². The highest BCUT2D eigenvalue weighted by atomic mass is 16.5. The molecule has 82 valence electrons. The lowest BCUT2D eigenvalue weighted by atomic mass is 10.0. The zero-order valence-electron chi connectivity index (χ0n) is 9.55. The fourth-order valence-electron chi connectivity index (χ4n) is 2.23. The largest absolute Gasteiger partial charge is 0.496 e. The number of ether oxygens (including phenoxy) is 1. The molecule has 1 aliphatic heterocycles. The molecule has 2 nitrogen and oxygen atoms in total. The molecule has 0 bridgehead atoms. The summed E-state index contributed by atoms with van der Waals surface area (Å²) in [6.45, 7) is 3.32. The lowest BCUT2D eigenvalue weighted by Crippen LogP contribution is -2.14. The number of hydrogen-bond acceptors (Lipinski definition) is 2. The monoisotopic (exact) mass is 205 g/mol. The Morgan fingerprint density at radius 1 is 1.47 bits per heavy atom. The molecule has 1 N–H and O–H groups in total. The van der Waals surface area contributed by atoms with Gasteiger partial charge in [0.25, 0.3) is 0 Å². The second-order valence-corrected chi connectivity index (χ2v) is 4.08. The summed E-state index contributed by atoms with van der Waals surface area (Å²) in [4.78, 5) is 0. The van der Waals surface area contributed by atoms with E-state index >= 15 is 0 Å². The van der Waals surface area contributed by atoms with Gasteiger partial charge in [-0.3, -0.25) is 0 Å². The molecule has 1 atom stereocenters. The molecule has 1 saturated heterocycles. The van der Waals surface area contributed by atoms with E-state index < -0.39 is 0 Å². The molecule has 2 rings (SSSR count). The summed E-state index contributed by atoms with van der Waals surface area (Å²) in [7, 11) is 1.75. The average Bonchev–Trinajstić information content (AvgIpc) is 2.81. The minimum atomic E-state index is 0.492. The molecule has 0 aliphatic carbocycles. The Kier molecular flexibility index (Phi) is 3.27. The molecule has 1 fully saturated rings. The van der Waals surface area contributed by atoms with Crippen molar-refractivity contribution < 1.29 is 4.74 Å². The average molecular weight is 205 g/mol. The summed E-state index contributed by atoms with van der Waals surface area (Å²) in [5, 5.41) is 3.52. The third kappa shape index (κ3) is 2.15. The number of methoxy groups -OCH3 is 1. The van der Waals surface area contributed by atoms with Crippen LogP contribution in [-0.4, -0.2) is 13.7 Å². The number of benzene rings is 1. The molecular formula is C13H19NO. The standard InChI is InChI=1S/C13H19NO/c1-3-10-6-7-13(15-2)11(9-10)12-5-4-8-14-12/h6-7,9,12,14H,3-5,8H2,1-2H3/t12-/m1/s1. The van der Waals surface area contributed by atoms with Crippen molar-refractivity contribution in [2.75, 3.05) is 13.7 Å². The quantitative estimate of drug-likeness (QED) is 0.819. The molecule has 0 spiro atoms. The Morgan fingerprint density at radius 3 is 2.93 bits per heavy atom. The predicted octanol–water partition coefficient (Wildman–Crippen LogP) is 2.68. The van der Waals surface area contributed by atoms with Gasteiger partial charge in [-0.25, -0.2) is 0 Å². The minimum absolute atomic E-state index is 0.492. The van der Waals surface area contributed by atoms with Gasteiger partial charge in [-0.05, 0) is 37.4 Å². The molecule has 0 saturated carbocycles. The second kappa shape index (κ2) is 4.67. The summed E-state index contributed by atoms with van der Waals surface area (Å²) >= 11 is 0. The Hall–Kier alpha value is -1.02. The van der Waals surface area contributed by atoms with Gasteiger partial charge in [0.2, 0.25) is 0 Å². The van der Waals surface area contributed by atoms with Crippen molar-refractivity contribution in [1.82, 2.24) is 5.32 Å². The van der Waals surface area contributed by atoms with E-state index in [1.165, 1.54) is 24.0 Å². The van der Waals surface area contributed by atoms with Crippen molar-refractivity contribution in [3.8, 4) is 5.75 Å². The topological polar surface area (TPSA) is 21.3 Å². The van der Waals surface area contributed by atoms with E-state index in [4.69, 9.17) is 4.74 Å². The van der Waals surface area contributed by atoms with Gasteiger partial charge in [-0.2, -0.15) is 0 Å².